The van der Waals surface area contributed by atoms with E-state index in [0.29, 0.717) is 0 Å². The summed E-state index contributed by atoms with van der Waals surface area (Å²) in [5, 5.41) is -0.348. The number of hydrogen-bond acceptors (Lipinski definition) is 6. The van der Waals surface area contributed by atoms with E-state index in [0.717, 1.165) is 11.1 Å². The van der Waals surface area contributed by atoms with Crippen molar-refractivity contribution in [1.29, 1.82) is 0 Å². The minimum absolute atomic E-state index is 0.142. The summed E-state index contributed by atoms with van der Waals surface area (Å²) in [6, 6.07) is 16.7. The molecule has 138 valence electrons. The first-order valence-electron chi connectivity index (χ1n) is 8.60. The molecule has 1 unspecified atom stereocenters. The van der Waals surface area contributed by atoms with Crippen molar-refractivity contribution in [3.05, 3.63) is 71.8 Å². The SMILES string of the molecule is N[C@@H]1C(=O)N2C(C(=O)OC(c3ccccc3)c3ccccc3)C(=O)CS[C@@H]12. The molecule has 0 aromatic heterocycles. The first kappa shape index (κ1) is 17.8. The van der Waals surface area contributed by atoms with E-state index in [-0.39, 0.29) is 16.9 Å². The summed E-state index contributed by atoms with van der Waals surface area (Å²) in [4.78, 5) is 38.7. The van der Waals surface area contributed by atoms with Gasteiger partial charge in [0.1, 0.15) is 11.4 Å². The molecule has 6 nitrogen and oxygen atoms in total. The predicted molar refractivity (Wildman–Crippen MR) is 101 cm³/mol. The van der Waals surface area contributed by atoms with E-state index >= 15 is 0 Å². The quantitative estimate of drug-likeness (QED) is 0.490. The number of benzene rings is 2. The molecular formula is C20H18N2O4S. The van der Waals surface area contributed by atoms with Gasteiger partial charge in [0.25, 0.3) is 0 Å². The number of amides is 1. The highest BCUT2D eigenvalue weighted by Crippen LogP contribution is 2.37. The number of esters is 1. The molecule has 7 heteroatoms. The van der Waals surface area contributed by atoms with Gasteiger partial charge in [-0.3, -0.25) is 9.59 Å². The fourth-order valence-corrected chi connectivity index (χ4v) is 4.58. The van der Waals surface area contributed by atoms with Crippen LogP contribution in [-0.2, 0) is 19.1 Å². The Morgan fingerprint density at radius 2 is 1.59 bits per heavy atom. The Labute approximate surface area is 160 Å². The Hall–Kier alpha value is -2.64. The number of carbonyl (C=O) groups excluding carboxylic acids is 3. The summed E-state index contributed by atoms with van der Waals surface area (Å²) in [5.41, 5.74) is 7.37. The van der Waals surface area contributed by atoms with E-state index in [4.69, 9.17) is 10.5 Å². The number of ether oxygens (including phenoxy) is 1. The third-order valence-electron chi connectivity index (χ3n) is 4.76. The fraction of sp³-hybridized carbons (Fsp3) is 0.250. The second kappa shape index (κ2) is 7.17. The highest BCUT2D eigenvalue weighted by atomic mass is 32.2. The number of nitrogens with two attached hydrogens (primary N) is 1. The topological polar surface area (TPSA) is 89.7 Å². The van der Waals surface area contributed by atoms with Gasteiger partial charge in [-0.2, -0.15) is 0 Å². The molecule has 2 heterocycles. The van der Waals surface area contributed by atoms with Gasteiger partial charge in [-0.05, 0) is 11.1 Å². The molecule has 2 aromatic carbocycles. The molecule has 0 saturated carbocycles. The molecule has 2 aromatic rings. The lowest BCUT2D eigenvalue weighted by Crippen LogP contribution is -2.74. The van der Waals surface area contributed by atoms with Crippen molar-refractivity contribution in [2.24, 2.45) is 5.73 Å². The van der Waals surface area contributed by atoms with Crippen LogP contribution in [-0.4, -0.2) is 45.8 Å². The predicted octanol–water partition coefficient (Wildman–Crippen LogP) is 1.50. The zero-order valence-electron chi connectivity index (χ0n) is 14.4. The number of Topliss-reactive ketones (excluding diaryl/α,β-unsaturated/α-hetero) is 1. The standard InChI is InChI=1S/C20H18N2O4S/c21-15-18(24)22-16(14(23)11-27-19(15)22)20(25)26-17(12-7-3-1-4-8-12)13-9-5-2-6-10-13/h1-10,15-17,19H,11,21H2/t15-,16?,19+/m1/s1. The molecule has 27 heavy (non-hydrogen) atoms. The number of rotatable bonds is 4. The molecule has 2 aliphatic rings. The zero-order valence-corrected chi connectivity index (χ0v) is 15.2. The molecule has 3 atom stereocenters. The van der Waals surface area contributed by atoms with Crippen molar-refractivity contribution in [3.8, 4) is 0 Å². The lowest BCUT2D eigenvalue weighted by atomic mass is 9.99. The van der Waals surface area contributed by atoms with Crippen molar-refractivity contribution < 1.29 is 19.1 Å². The van der Waals surface area contributed by atoms with Crippen molar-refractivity contribution in [3.63, 3.8) is 0 Å². The summed E-state index contributed by atoms with van der Waals surface area (Å²) in [5.74, 6) is -1.30. The maximum Gasteiger partial charge on any atom is 0.337 e. The van der Waals surface area contributed by atoms with E-state index in [9.17, 15) is 14.4 Å². The Bertz CT molecular complexity index is 835. The van der Waals surface area contributed by atoms with Crippen LogP contribution in [0.3, 0.4) is 0 Å². The van der Waals surface area contributed by atoms with Crippen LogP contribution in [0.1, 0.15) is 17.2 Å². The van der Waals surface area contributed by atoms with E-state index < -0.39 is 30.1 Å². The van der Waals surface area contributed by atoms with Crippen molar-refractivity contribution in [2.75, 3.05) is 5.75 Å². The van der Waals surface area contributed by atoms with Gasteiger partial charge in [-0.25, -0.2) is 4.79 Å². The highest BCUT2D eigenvalue weighted by molar-refractivity contribution is 8.00. The summed E-state index contributed by atoms with van der Waals surface area (Å²) in [6.07, 6.45) is -0.661. The number of β-lactam (4-membered cyclic amide) rings is 1. The van der Waals surface area contributed by atoms with Gasteiger partial charge < -0.3 is 15.4 Å². The molecule has 2 aliphatic heterocycles. The lowest BCUT2D eigenvalue weighted by molar-refractivity contribution is -0.168. The largest absolute Gasteiger partial charge is 0.451 e. The minimum atomic E-state index is -1.22. The summed E-state index contributed by atoms with van der Waals surface area (Å²) >= 11 is 1.29. The van der Waals surface area contributed by atoms with Gasteiger partial charge in [-0.15, -0.1) is 11.8 Å². The number of hydrogen-bond donors (Lipinski definition) is 1. The first-order chi connectivity index (χ1) is 13.1. The van der Waals surface area contributed by atoms with Crippen LogP contribution >= 0.6 is 11.8 Å². The van der Waals surface area contributed by atoms with Gasteiger partial charge in [-0.1, -0.05) is 60.7 Å². The average Bonchev–Trinajstić information content (AvgIpc) is 2.72. The van der Waals surface area contributed by atoms with Gasteiger partial charge >= 0.3 is 5.97 Å². The molecule has 0 bridgehead atoms. The summed E-state index contributed by atoms with van der Waals surface area (Å²) in [7, 11) is 0. The summed E-state index contributed by atoms with van der Waals surface area (Å²) < 4.78 is 5.76. The smallest absolute Gasteiger partial charge is 0.337 e. The second-order valence-corrected chi connectivity index (χ2v) is 7.58. The lowest BCUT2D eigenvalue weighted by Gasteiger charge is -2.50. The Morgan fingerprint density at radius 1 is 1.04 bits per heavy atom. The molecule has 0 aliphatic carbocycles. The Morgan fingerprint density at radius 3 is 2.15 bits per heavy atom. The number of ketones is 1. The van der Waals surface area contributed by atoms with E-state index in [1.54, 1.807) is 0 Å². The third-order valence-corrected chi connectivity index (χ3v) is 6.08. The van der Waals surface area contributed by atoms with Crippen LogP contribution in [0.25, 0.3) is 0 Å². The van der Waals surface area contributed by atoms with Crippen molar-refractivity contribution in [1.82, 2.24) is 4.90 Å². The van der Waals surface area contributed by atoms with Gasteiger partial charge in [0.15, 0.2) is 17.9 Å². The molecule has 2 N–H and O–H groups in total. The molecule has 2 saturated heterocycles. The van der Waals surface area contributed by atoms with Crippen LogP contribution < -0.4 is 5.73 Å². The van der Waals surface area contributed by atoms with Crippen LogP contribution in [0.2, 0.25) is 0 Å². The number of nitrogens with zero attached hydrogens (tertiary/aromatic N) is 1. The number of thioether (sulfide) groups is 1. The summed E-state index contributed by atoms with van der Waals surface area (Å²) in [6.45, 7) is 0. The third kappa shape index (κ3) is 3.13. The molecule has 0 spiro atoms. The van der Waals surface area contributed by atoms with Crippen LogP contribution in [0, 0.1) is 0 Å². The van der Waals surface area contributed by atoms with Crippen molar-refractivity contribution in [2.45, 2.75) is 23.6 Å². The Balaban J connectivity index is 1.62. The van der Waals surface area contributed by atoms with Crippen LogP contribution in [0.5, 0.6) is 0 Å². The van der Waals surface area contributed by atoms with Gasteiger partial charge in [0.2, 0.25) is 5.91 Å². The fourth-order valence-electron chi connectivity index (χ4n) is 3.38. The Kier molecular flexibility index (Phi) is 4.72. The maximum atomic E-state index is 12.9. The van der Waals surface area contributed by atoms with Crippen molar-refractivity contribution >= 4 is 29.4 Å². The number of fused-ring (bicyclic) bond motifs is 1. The van der Waals surface area contributed by atoms with E-state index in [1.807, 2.05) is 60.7 Å². The molecule has 1 amide bonds. The maximum absolute atomic E-state index is 12.9. The number of carbonyl (C=O) groups is 3. The van der Waals surface area contributed by atoms with Gasteiger partial charge in [0.05, 0.1) is 5.75 Å². The van der Waals surface area contributed by atoms with E-state index in [1.165, 1.54) is 16.7 Å². The average molecular weight is 382 g/mol. The normalized spacial score (nSPS) is 24.4. The molecule has 0 radical (unpaired) electrons. The van der Waals surface area contributed by atoms with E-state index in [2.05, 4.69) is 0 Å². The monoisotopic (exact) mass is 382 g/mol. The van der Waals surface area contributed by atoms with Crippen LogP contribution in [0.15, 0.2) is 60.7 Å². The second-order valence-electron chi connectivity index (χ2n) is 6.48. The zero-order chi connectivity index (χ0) is 19.0. The highest BCUT2D eigenvalue weighted by Gasteiger charge is 2.56. The molecule has 2 fully saturated rings. The van der Waals surface area contributed by atoms with Crippen LogP contribution in [0.4, 0.5) is 0 Å². The first-order valence-corrected chi connectivity index (χ1v) is 9.65. The molecule has 4 rings (SSSR count). The minimum Gasteiger partial charge on any atom is -0.451 e. The van der Waals surface area contributed by atoms with Gasteiger partial charge in [0, 0.05) is 0 Å². The molecular weight excluding hydrogens is 364 g/mol.